The van der Waals surface area contributed by atoms with Crippen molar-refractivity contribution in [1.82, 2.24) is 9.97 Å². The van der Waals surface area contributed by atoms with Crippen molar-refractivity contribution in [3.8, 4) is 0 Å². The Morgan fingerprint density at radius 2 is 1.89 bits per heavy atom. The third-order valence-electron chi connectivity index (χ3n) is 3.61. The molecule has 5 nitrogen and oxygen atoms in total. The predicted octanol–water partition coefficient (Wildman–Crippen LogP) is 2.18. The zero-order chi connectivity index (χ0) is 13.7. The summed E-state index contributed by atoms with van der Waals surface area (Å²) in [6.45, 7) is 5.56. The Kier molecular flexibility index (Phi) is 4.96. The molecule has 0 amide bonds. The van der Waals surface area contributed by atoms with Crippen molar-refractivity contribution in [2.24, 2.45) is 5.92 Å². The van der Waals surface area contributed by atoms with E-state index in [9.17, 15) is 5.11 Å². The van der Waals surface area contributed by atoms with E-state index in [2.05, 4.69) is 20.6 Å². The number of hydrogen-bond donors (Lipinski definition) is 3. The molecule has 2 atom stereocenters. The first-order valence-electron chi connectivity index (χ1n) is 7.20. The van der Waals surface area contributed by atoms with Crippen LogP contribution in [0.2, 0.25) is 0 Å². The Morgan fingerprint density at radius 1 is 1.21 bits per heavy atom. The van der Waals surface area contributed by atoms with Gasteiger partial charge in [0.15, 0.2) is 0 Å². The molecule has 19 heavy (non-hydrogen) atoms. The molecule has 0 aliphatic heterocycles. The molecule has 0 bridgehead atoms. The van der Waals surface area contributed by atoms with Gasteiger partial charge in [-0.3, -0.25) is 0 Å². The van der Waals surface area contributed by atoms with Crippen molar-refractivity contribution >= 4 is 11.6 Å². The van der Waals surface area contributed by atoms with Crippen LogP contribution in [0.4, 0.5) is 11.6 Å². The van der Waals surface area contributed by atoms with E-state index >= 15 is 0 Å². The summed E-state index contributed by atoms with van der Waals surface area (Å²) in [5.74, 6) is 2.78. The zero-order valence-electron chi connectivity index (χ0n) is 11.8. The maximum atomic E-state index is 9.96. The van der Waals surface area contributed by atoms with E-state index in [-0.39, 0.29) is 6.10 Å². The molecule has 2 rings (SSSR count). The van der Waals surface area contributed by atoms with Gasteiger partial charge >= 0.3 is 0 Å². The van der Waals surface area contributed by atoms with Crippen LogP contribution < -0.4 is 10.6 Å². The van der Waals surface area contributed by atoms with Gasteiger partial charge in [0.05, 0.1) is 6.10 Å². The molecule has 1 aromatic heterocycles. The highest BCUT2D eigenvalue weighted by Crippen LogP contribution is 2.24. The van der Waals surface area contributed by atoms with Crippen LogP contribution in [0.15, 0.2) is 6.07 Å². The quantitative estimate of drug-likeness (QED) is 0.760. The molecule has 1 saturated carbocycles. The summed E-state index contributed by atoms with van der Waals surface area (Å²) in [7, 11) is 0. The van der Waals surface area contributed by atoms with Gasteiger partial charge in [-0.1, -0.05) is 12.8 Å². The molecule has 0 saturated heterocycles. The number of aromatic nitrogens is 2. The molecule has 0 spiro atoms. The lowest BCUT2D eigenvalue weighted by molar-refractivity contribution is 0.0763. The molecule has 5 heteroatoms. The minimum atomic E-state index is -0.169. The lowest BCUT2D eigenvalue weighted by Gasteiger charge is -2.27. The van der Waals surface area contributed by atoms with Gasteiger partial charge in [0.2, 0.25) is 0 Å². The molecule has 3 N–H and O–H groups in total. The molecule has 2 unspecified atom stereocenters. The van der Waals surface area contributed by atoms with Crippen LogP contribution >= 0.6 is 0 Å². The average molecular weight is 264 g/mol. The van der Waals surface area contributed by atoms with Crippen molar-refractivity contribution in [1.29, 1.82) is 0 Å². The Labute approximate surface area is 114 Å². The summed E-state index contributed by atoms with van der Waals surface area (Å²) in [6.07, 6.45) is 4.22. The van der Waals surface area contributed by atoms with Crippen LogP contribution in [-0.4, -0.2) is 34.3 Å². The van der Waals surface area contributed by atoms with Crippen molar-refractivity contribution in [3.05, 3.63) is 11.9 Å². The summed E-state index contributed by atoms with van der Waals surface area (Å²) >= 11 is 0. The minimum Gasteiger partial charge on any atom is -0.393 e. The molecule has 0 radical (unpaired) electrons. The third kappa shape index (κ3) is 4.06. The van der Waals surface area contributed by atoms with Gasteiger partial charge in [0, 0.05) is 25.1 Å². The maximum absolute atomic E-state index is 9.96. The van der Waals surface area contributed by atoms with Crippen molar-refractivity contribution in [2.45, 2.75) is 45.6 Å². The van der Waals surface area contributed by atoms with E-state index in [1.54, 1.807) is 0 Å². The number of aryl methyl sites for hydroxylation is 1. The number of hydrogen-bond acceptors (Lipinski definition) is 5. The van der Waals surface area contributed by atoms with Gasteiger partial charge in [-0.25, -0.2) is 9.97 Å². The largest absolute Gasteiger partial charge is 0.393 e. The first-order valence-corrected chi connectivity index (χ1v) is 7.20. The highest BCUT2D eigenvalue weighted by atomic mass is 16.3. The van der Waals surface area contributed by atoms with Gasteiger partial charge in [-0.15, -0.1) is 0 Å². The van der Waals surface area contributed by atoms with Gasteiger partial charge in [0.1, 0.15) is 17.5 Å². The zero-order valence-corrected chi connectivity index (χ0v) is 11.8. The minimum absolute atomic E-state index is 0.169. The fourth-order valence-electron chi connectivity index (χ4n) is 2.59. The topological polar surface area (TPSA) is 70.1 Å². The van der Waals surface area contributed by atoms with Crippen LogP contribution in [-0.2, 0) is 0 Å². The first kappa shape index (κ1) is 14.1. The van der Waals surface area contributed by atoms with Gasteiger partial charge in [-0.05, 0) is 26.7 Å². The van der Waals surface area contributed by atoms with Gasteiger partial charge in [-0.2, -0.15) is 0 Å². The summed E-state index contributed by atoms with van der Waals surface area (Å²) in [6, 6.07) is 1.92. The predicted molar refractivity (Wildman–Crippen MR) is 77.4 cm³/mol. The van der Waals surface area contributed by atoms with Crippen molar-refractivity contribution < 1.29 is 5.11 Å². The second-order valence-corrected chi connectivity index (χ2v) is 5.21. The highest BCUT2D eigenvalue weighted by molar-refractivity contribution is 5.47. The van der Waals surface area contributed by atoms with E-state index in [1.165, 1.54) is 6.42 Å². The second-order valence-electron chi connectivity index (χ2n) is 5.21. The van der Waals surface area contributed by atoms with Crippen LogP contribution in [0.3, 0.4) is 0 Å². The smallest absolute Gasteiger partial charge is 0.131 e. The van der Waals surface area contributed by atoms with E-state index in [0.29, 0.717) is 5.92 Å². The number of anilines is 2. The van der Waals surface area contributed by atoms with E-state index in [0.717, 1.165) is 49.8 Å². The first-order chi connectivity index (χ1) is 9.19. The number of aliphatic hydroxyl groups is 1. The lowest BCUT2D eigenvalue weighted by atomic mass is 9.86. The normalized spacial score (nSPS) is 23.1. The summed E-state index contributed by atoms with van der Waals surface area (Å²) in [4.78, 5) is 8.70. The molecule has 1 aromatic rings. The fraction of sp³-hybridized carbons (Fsp3) is 0.714. The Bertz CT molecular complexity index is 410. The monoisotopic (exact) mass is 264 g/mol. The number of nitrogens with zero attached hydrogens (tertiary/aromatic N) is 2. The number of nitrogens with one attached hydrogen (secondary N) is 2. The second kappa shape index (κ2) is 6.70. The van der Waals surface area contributed by atoms with Crippen LogP contribution in [0.5, 0.6) is 0 Å². The highest BCUT2D eigenvalue weighted by Gasteiger charge is 2.22. The number of rotatable bonds is 5. The molecule has 1 heterocycles. The average Bonchev–Trinajstić information content (AvgIpc) is 2.37. The Morgan fingerprint density at radius 3 is 2.58 bits per heavy atom. The molecular formula is C14H24N4O. The summed E-state index contributed by atoms with van der Waals surface area (Å²) in [5, 5.41) is 16.5. The van der Waals surface area contributed by atoms with Crippen LogP contribution in [0.1, 0.15) is 38.4 Å². The summed E-state index contributed by atoms with van der Waals surface area (Å²) in [5.41, 5.74) is 0. The lowest BCUT2D eigenvalue weighted by Crippen LogP contribution is -2.30. The van der Waals surface area contributed by atoms with Gasteiger partial charge in [0.25, 0.3) is 0 Å². The van der Waals surface area contributed by atoms with Gasteiger partial charge < -0.3 is 15.7 Å². The van der Waals surface area contributed by atoms with E-state index in [4.69, 9.17) is 0 Å². The Hall–Kier alpha value is -1.36. The van der Waals surface area contributed by atoms with Crippen LogP contribution in [0, 0.1) is 12.8 Å². The standard InChI is InChI=1S/C14H24N4O/c1-3-15-13-8-14(18-10(2)17-13)16-9-11-6-4-5-7-12(11)19/h8,11-12,19H,3-7,9H2,1-2H3,(H2,15,16,17,18). The van der Waals surface area contributed by atoms with Crippen molar-refractivity contribution in [2.75, 3.05) is 23.7 Å². The van der Waals surface area contributed by atoms with Crippen LogP contribution in [0.25, 0.3) is 0 Å². The maximum Gasteiger partial charge on any atom is 0.131 e. The molecule has 1 fully saturated rings. The summed E-state index contributed by atoms with van der Waals surface area (Å²) < 4.78 is 0. The molecular weight excluding hydrogens is 240 g/mol. The third-order valence-corrected chi connectivity index (χ3v) is 3.61. The molecule has 106 valence electrons. The fourth-order valence-corrected chi connectivity index (χ4v) is 2.59. The van der Waals surface area contributed by atoms with E-state index in [1.807, 2.05) is 19.9 Å². The molecule has 1 aliphatic rings. The molecule has 0 aromatic carbocycles. The van der Waals surface area contributed by atoms with E-state index < -0.39 is 0 Å². The SMILES string of the molecule is CCNc1cc(NCC2CCCCC2O)nc(C)n1. The number of aliphatic hydroxyl groups excluding tert-OH is 1. The molecule has 1 aliphatic carbocycles. The Balaban J connectivity index is 1.94. The van der Waals surface area contributed by atoms with Crippen molar-refractivity contribution in [3.63, 3.8) is 0 Å².